The van der Waals surface area contributed by atoms with E-state index in [9.17, 15) is 10.4 Å². The molecule has 0 aromatic rings. The predicted molar refractivity (Wildman–Crippen MR) is 81.8 cm³/mol. The maximum Gasteiger partial charge on any atom is 0.142 e. The van der Waals surface area contributed by atoms with Crippen molar-refractivity contribution in [2.75, 3.05) is 26.3 Å². The maximum absolute atomic E-state index is 9.35. The Morgan fingerprint density at radius 2 is 1.40 bits per heavy atom. The van der Waals surface area contributed by atoms with Crippen LogP contribution in [0.25, 0.3) is 0 Å². The molecule has 0 aliphatic carbocycles. The van der Waals surface area contributed by atoms with Gasteiger partial charge in [0.15, 0.2) is 0 Å². The molecule has 4 nitrogen and oxygen atoms in total. The standard InChI is InChI=1S/C16H36NO3/c1-4-17(18,19)13-9-11-15-20-14-10-7-5-6-8-12-16(2)3/h16,18-19H,4-15H2,1-3H3/q+1. The van der Waals surface area contributed by atoms with Crippen molar-refractivity contribution in [1.29, 1.82) is 0 Å². The molecule has 0 fully saturated rings. The molecule has 0 saturated carbocycles. The molecule has 122 valence electrons. The first-order chi connectivity index (χ1) is 9.48. The van der Waals surface area contributed by atoms with Gasteiger partial charge in [-0.25, -0.2) is 0 Å². The third-order valence-corrected chi connectivity index (χ3v) is 3.63. The summed E-state index contributed by atoms with van der Waals surface area (Å²) < 4.78 is 5.56. The van der Waals surface area contributed by atoms with Crippen LogP contribution in [0.2, 0.25) is 0 Å². The molecule has 0 aliphatic rings. The number of unbranched alkanes of at least 4 members (excludes halogenated alkanes) is 5. The monoisotopic (exact) mass is 290 g/mol. The number of ether oxygens (including phenoxy) is 1. The first kappa shape index (κ1) is 19.8. The Bertz CT molecular complexity index is 208. The van der Waals surface area contributed by atoms with Crippen molar-refractivity contribution >= 4 is 0 Å². The first-order valence-electron chi connectivity index (χ1n) is 8.38. The van der Waals surface area contributed by atoms with Gasteiger partial charge in [0.25, 0.3) is 0 Å². The van der Waals surface area contributed by atoms with E-state index in [2.05, 4.69) is 13.8 Å². The van der Waals surface area contributed by atoms with Crippen molar-refractivity contribution in [3.8, 4) is 0 Å². The van der Waals surface area contributed by atoms with Crippen LogP contribution < -0.4 is 0 Å². The molecule has 2 N–H and O–H groups in total. The van der Waals surface area contributed by atoms with Gasteiger partial charge in [-0.3, -0.25) is 0 Å². The van der Waals surface area contributed by atoms with Gasteiger partial charge in [-0.1, -0.05) is 46.0 Å². The molecule has 0 rings (SSSR count). The fourth-order valence-corrected chi connectivity index (χ4v) is 2.12. The summed E-state index contributed by atoms with van der Waals surface area (Å²) in [5.74, 6) is 0.834. The van der Waals surface area contributed by atoms with E-state index in [0.29, 0.717) is 13.1 Å². The smallest absolute Gasteiger partial charge is 0.142 e. The van der Waals surface area contributed by atoms with Gasteiger partial charge in [0, 0.05) is 19.6 Å². The Morgan fingerprint density at radius 1 is 0.850 bits per heavy atom. The summed E-state index contributed by atoms with van der Waals surface area (Å²) >= 11 is 0. The number of hydrogen-bond acceptors (Lipinski definition) is 3. The van der Waals surface area contributed by atoms with Gasteiger partial charge in [-0.15, -0.1) is 0 Å². The van der Waals surface area contributed by atoms with E-state index in [-0.39, 0.29) is 0 Å². The number of hydrogen-bond donors (Lipinski definition) is 2. The summed E-state index contributed by atoms with van der Waals surface area (Å²) in [4.78, 5) is -0.865. The highest BCUT2D eigenvalue weighted by Crippen LogP contribution is 2.10. The maximum atomic E-state index is 9.35. The van der Waals surface area contributed by atoms with Crippen molar-refractivity contribution in [3.63, 3.8) is 0 Å². The van der Waals surface area contributed by atoms with Gasteiger partial charge >= 0.3 is 0 Å². The molecule has 0 spiro atoms. The fraction of sp³-hybridized carbons (Fsp3) is 1.00. The van der Waals surface area contributed by atoms with Gasteiger partial charge in [0.05, 0.1) is 0 Å². The second-order valence-electron chi connectivity index (χ2n) is 6.19. The quantitative estimate of drug-likeness (QED) is 0.283. The number of hydroxylamine groups is 4. The summed E-state index contributed by atoms with van der Waals surface area (Å²) in [7, 11) is 0. The van der Waals surface area contributed by atoms with Crippen LogP contribution in [0.3, 0.4) is 0 Å². The molecule has 0 aromatic carbocycles. The zero-order valence-electron chi connectivity index (χ0n) is 13.8. The summed E-state index contributed by atoms with van der Waals surface area (Å²) in [6.45, 7) is 8.62. The van der Waals surface area contributed by atoms with Crippen LogP contribution in [0.1, 0.15) is 72.1 Å². The molecule has 0 saturated heterocycles. The van der Waals surface area contributed by atoms with Crippen molar-refractivity contribution in [2.45, 2.75) is 72.1 Å². The predicted octanol–water partition coefficient (Wildman–Crippen LogP) is 4.39. The van der Waals surface area contributed by atoms with E-state index >= 15 is 0 Å². The van der Waals surface area contributed by atoms with Gasteiger partial charge in [0.1, 0.15) is 13.1 Å². The highest BCUT2D eigenvalue weighted by atomic mass is 16.8. The zero-order valence-corrected chi connectivity index (χ0v) is 13.8. The van der Waals surface area contributed by atoms with Crippen molar-refractivity contribution in [2.24, 2.45) is 5.92 Å². The number of rotatable bonds is 14. The van der Waals surface area contributed by atoms with E-state index in [0.717, 1.165) is 38.4 Å². The molecule has 0 amide bonds. The Morgan fingerprint density at radius 3 is 2.00 bits per heavy atom. The molecular formula is C16H36NO3+. The lowest BCUT2D eigenvalue weighted by molar-refractivity contribution is -1.24. The largest absolute Gasteiger partial charge is 0.381 e. The minimum absolute atomic E-state index is 0.331. The topological polar surface area (TPSA) is 49.7 Å². The average Bonchev–Trinajstić information content (AvgIpc) is 2.39. The van der Waals surface area contributed by atoms with Gasteiger partial charge in [0.2, 0.25) is 0 Å². The normalized spacial score (nSPS) is 12.3. The minimum atomic E-state index is -0.865. The van der Waals surface area contributed by atoms with E-state index in [1.165, 1.54) is 32.1 Å². The summed E-state index contributed by atoms with van der Waals surface area (Å²) in [5, 5.41) is 18.7. The number of nitrogens with zero attached hydrogens (tertiary/aromatic N) is 1. The third kappa shape index (κ3) is 14.3. The van der Waals surface area contributed by atoms with Crippen molar-refractivity contribution in [3.05, 3.63) is 0 Å². The van der Waals surface area contributed by atoms with Crippen LogP contribution in [0.5, 0.6) is 0 Å². The zero-order chi connectivity index (χ0) is 15.3. The first-order valence-corrected chi connectivity index (χ1v) is 8.38. The van der Waals surface area contributed by atoms with Crippen LogP contribution in [0.15, 0.2) is 0 Å². The molecule has 0 aliphatic heterocycles. The minimum Gasteiger partial charge on any atom is -0.381 e. The van der Waals surface area contributed by atoms with Crippen LogP contribution in [-0.2, 0) is 4.74 Å². The highest BCUT2D eigenvalue weighted by molar-refractivity contribution is 4.48. The lowest BCUT2D eigenvalue weighted by Gasteiger charge is -2.18. The van der Waals surface area contributed by atoms with Crippen LogP contribution in [-0.4, -0.2) is 41.5 Å². The van der Waals surface area contributed by atoms with Gasteiger partial charge < -0.3 is 4.74 Å². The van der Waals surface area contributed by atoms with E-state index in [4.69, 9.17) is 4.74 Å². The van der Waals surface area contributed by atoms with E-state index < -0.39 is 4.81 Å². The van der Waals surface area contributed by atoms with E-state index in [1.54, 1.807) is 6.92 Å². The highest BCUT2D eigenvalue weighted by Gasteiger charge is 2.17. The summed E-state index contributed by atoms with van der Waals surface area (Å²) in [5.41, 5.74) is 0. The molecule has 0 bridgehead atoms. The third-order valence-electron chi connectivity index (χ3n) is 3.63. The van der Waals surface area contributed by atoms with Crippen molar-refractivity contribution in [1.82, 2.24) is 0 Å². The second-order valence-corrected chi connectivity index (χ2v) is 6.19. The second kappa shape index (κ2) is 12.6. The van der Waals surface area contributed by atoms with E-state index in [1.807, 2.05) is 0 Å². The lowest BCUT2D eigenvalue weighted by atomic mass is 10.0. The fourth-order valence-electron chi connectivity index (χ4n) is 2.12. The van der Waals surface area contributed by atoms with Crippen molar-refractivity contribution < 1.29 is 20.0 Å². The van der Waals surface area contributed by atoms with Gasteiger partial charge in [-0.05, 0) is 30.5 Å². The molecule has 0 unspecified atom stereocenters. The summed E-state index contributed by atoms with van der Waals surface area (Å²) in [6.07, 6.45) is 9.48. The lowest BCUT2D eigenvalue weighted by Crippen LogP contribution is -2.41. The molecule has 4 heteroatoms. The molecule has 0 heterocycles. The Hall–Kier alpha value is -0.160. The summed E-state index contributed by atoms with van der Waals surface area (Å²) in [6, 6.07) is 0. The van der Waals surface area contributed by atoms with Crippen LogP contribution >= 0.6 is 0 Å². The number of quaternary nitrogens is 1. The van der Waals surface area contributed by atoms with Gasteiger partial charge in [-0.2, -0.15) is 10.4 Å². The molecular weight excluding hydrogens is 254 g/mol. The van der Waals surface area contributed by atoms with Crippen LogP contribution in [0, 0.1) is 5.92 Å². The Kier molecular flexibility index (Phi) is 12.5. The molecule has 0 radical (unpaired) electrons. The Balaban J connectivity index is 3.10. The van der Waals surface area contributed by atoms with Crippen LogP contribution in [0.4, 0.5) is 0 Å². The Labute approximate surface area is 125 Å². The molecule has 0 aromatic heterocycles. The average molecular weight is 290 g/mol. The molecule has 20 heavy (non-hydrogen) atoms. The SMILES string of the molecule is CC[N+](O)(O)CCCCOCCCCCCCC(C)C. The molecule has 0 atom stereocenters.